The highest BCUT2D eigenvalue weighted by atomic mass is 16.4. The fraction of sp³-hybridized carbons (Fsp3) is 0. The fourth-order valence-corrected chi connectivity index (χ4v) is 4.70. The minimum absolute atomic E-state index is 0.268. The third kappa shape index (κ3) is 2.87. The average molecular weight is 456 g/mol. The Labute approximate surface area is 198 Å². The van der Waals surface area contributed by atoms with Crippen LogP contribution in [-0.4, -0.2) is 16.8 Å². The summed E-state index contributed by atoms with van der Waals surface area (Å²) in [7, 11) is 0. The number of para-hydroxylation sites is 2. The summed E-state index contributed by atoms with van der Waals surface area (Å²) in [4.78, 5) is 32.6. The van der Waals surface area contributed by atoms with Gasteiger partial charge in [-0.15, -0.1) is 0 Å². The van der Waals surface area contributed by atoms with E-state index in [1.165, 1.54) is 4.90 Å². The van der Waals surface area contributed by atoms with Gasteiger partial charge in [0.25, 0.3) is 11.8 Å². The summed E-state index contributed by atoms with van der Waals surface area (Å²) >= 11 is 0. The summed E-state index contributed by atoms with van der Waals surface area (Å²) in [6.07, 6.45) is 1.68. The van der Waals surface area contributed by atoms with Crippen LogP contribution in [0.3, 0.4) is 0 Å². The van der Waals surface area contributed by atoms with E-state index in [9.17, 15) is 9.59 Å². The van der Waals surface area contributed by atoms with Gasteiger partial charge in [0.05, 0.1) is 22.3 Å². The lowest BCUT2D eigenvalue weighted by Gasteiger charge is -2.15. The second kappa shape index (κ2) is 7.27. The second-order valence-electron chi connectivity index (χ2n) is 8.33. The lowest BCUT2D eigenvalue weighted by molar-refractivity contribution is 0.0926. The lowest BCUT2D eigenvalue weighted by Crippen LogP contribution is -2.29. The van der Waals surface area contributed by atoms with Crippen LogP contribution in [0.1, 0.15) is 20.7 Å². The molecule has 3 heterocycles. The first-order valence-corrected chi connectivity index (χ1v) is 11.1. The minimum atomic E-state index is -0.413. The number of rotatable bonds is 1. The van der Waals surface area contributed by atoms with Crippen LogP contribution >= 0.6 is 0 Å². The Balaban J connectivity index is 1.51. The number of nitrogens with zero attached hydrogens (tertiary/aromatic N) is 2. The van der Waals surface area contributed by atoms with Gasteiger partial charge < -0.3 is 8.83 Å². The van der Waals surface area contributed by atoms with Crippen LogP contribution in [0, 0.1) is 0 Å². The van der Waals surface area contributed by atoms with E-state index >= 15 is 0 Å². The molecule has 1 aliphatic rings. The highest BCUT2D eigenvalue weighted by Gasteiger charge is 2.38. The largest absolute Gasteiger partial charge is 0.453 e. The monoisotopic (exact) mass is 456 g/mol. The van der Waals surface area contributed by atoms with E-state index in [4.69, 9.17) is 8.83 Å². The van der Waals surface area contributed by atoms with Crippen LogP contribution in [0.5, 0.6) is 0 Å². The van der Waals surface area contributed by atoms with Gasteiger partial charge in [0.2, 0.25) is 0 Å². The number of hydrogen-bond donors (Lipinski definition) is 0. The predicted octanol–water partition coefficient (Wildman–Crippen LogP) is 6.81. The first-order chi connectivity index (χ1) is 17.2. The molecule has 7 rings (SSSR count). The highest BCUT2D eigenvalue weighted by molar-refractivity contribution is 6.36. The molecule has 4 aromatic carbocycles. The van der Waals surface area contributed by atoms with Gasteiger partial charge in [-0.1, -0.05) is 42.5 Å². The van der Waals surface area contributed by atoms with E-state index < -0.39 is 11.8 Å². The Morgan fingerprint density at radius 3 is 1.77 bits per heavy atom. The van der Waals surface area contributed by atoms with E-state index in [0.717, 1.165) is 16.2 Å². The molecule has 2 aromatic heterocycles. The van der Waals surface area contributed by atoms with Gasteiger partial charge in [-0.2, -0.15) is 0 Å². The Morgan fingerprint density at radius 1 is 0.571 bits per heavy atom. The minimum Gasteiger partial charge on any atom is -0.453 e. The molecule has 0 N–H and O–H groups in total. The number of anilines is 1. The summed E-state index contributed by atoms with van der Waals surface area (Å²) in [5.41, 5.74) is 3.74. The molecule has 0 bridgehead atoms. The molecule has 0 saturated carbocycles. The van der Waals surface area contributed by atoms with E-state index in [1.807, 2.05) is 60.7 Å². The van der Waals surface area contributed by atoms with Crippen LogP contribution in [0.2, 0.25) is 0 Å². The van der Waals surface area contributed by atoms with Gasteiger partial charge in [-0.25, -0.2) is 4.90 Å². The number of benzene rings is 4. The molecule has 6 aromatic rings. The van der Waals surface area contributed by atoms with Gasteiger partial charge in [0.15, 0.2) is 11.2 Å². The normalized spacial score (nSPS) is 13.2. The van der Waals surface area contributed by atoms with Crippen molar-refractivity contribution in [3.05, 3.63) is 108 Å². The van der Waals surface area contributed by atoms with Gasteiger partial charge in [0.1, 0.15) is 11.2 Å². The Hall–Kier alpha value is -4.97. The number of aromatic nitrogens is 1. The molecule has 35 heavy (non-hydrogen) atoms. The van der Waals surface area contributed by atoms with Crippen LogP contribution in [0.15, 0.2) is 106 Å². The Morgan fingerprint density at radius 2 is 1.14 bits per heavy atom. The summed E-state index contributed by atoms with van der Waals surface area (Å²) < 4.78 is 12.5. The lowest BCUT2D eigenvalue weighted by atomic mass is 10.1. The molecule has 0 radical (unpaired) electrons. The van der Waals surface area contributed by atoms with E-state index in [2.05, 4.69) is 4.98 Å². The summed E-state index contributed by atoms with van der Waals surface area (Å²) in [6.45, 7) is 0. The molecule has 1 aliphatic heterocycles. The number of imide groups is 1. The van der Waals surface area contributed by atoms with Gasteiger partial charge >= 0.3 is 0 Å². The molecule has 6 heteroatoms. The quantitative estimate of drug-likeness (QED) is 0.254. The van der Waals surface area contributed by atoms with Crippen LogP contribution < -0.4 is 4.90 Å². The van der Waals surface area contributed by atoms with Gasteiger partial charge in [-0.05, 0) is 48.5 Å². The van der Waals surface area contributed by atoms with Gasteiger partial charge in [0, 0.05) is 22.4 Å². The number of hydrogen-bond acceptors (Lipinski definition) is 5. The van der Waals surface area contributed by atoms with Crippen molar-refractivity contribution in [3.63, 3.8) is 0 Å². The van der Waals surface area contributed by atoms with Crippen LogP contribution in [-0.2, 0) is 0 Å². The molecule has 0 saturated heterocycles. The Bertz CT molecular complexity index is 1810. The Kier molecular flexibility index (Phi) is 4.05. The van der Waals surface area contributed by atoms with Crippen molar-refractivity contribution in [1.82, 2.24) is 4.98 Å². The molecule has 0 fully saturated rings. The zero-order chi connectivity index (χ0) is 23.5. The SMILES string of the molecule is O=C1c2cc3oc4ccccc4c4ccccc4oc3cc2C(=O)N1c1cccc2ncccc12. The maximum absolute atomic E-state index is 13.5. The van der Waals surface area contributed by atoms with Crippen molar-refractivity contribution in [3.8, 4) is 0 Å². The van der Waals surface area contributed by atoms with Crippen LogP contribution in [0.25, 0.3) is 44.0 Å². The summed E-state index contributed by atoms with van der Waals surface area (Å²) in [5, 5.41) is 2.47. The van der Waals surface area contributed by atoms with E-state index in [1.54, 1.807) is 36.5 Å². The summed E-state index contributed by atoms with van der Waals surface area (Å²) in [6, 6.07) is 27.5. The maximum Gasteiger partial charge on any atom is 0.266 e. The van der Waals surface area contributed by atoms with E-state index in [-0.39, 0.29) is 11.1 Å². The number of carbonyl (C=O) groups excluding carboxylic acids is 2. The van der Waals surface area contributed by atoms with Crippen molar-refractivity contribution in [2.45, 2.75) is 0 Å². The summed E-state index contributed by atoms with van der Waals surface area (Å²) in [5.74, 6) is -0.827. The molecule has 0 spiro atoms. The van der Waals surface area contributed by atoms with Crippen molar-refractivity contribution in [1.29, 1.82) is 0 Å². The standard InChI is InChI=1S/C29H16N2O4/c32-28-20-15-26-27(35-25-13-4-2-8-18(25)17-7-1-3-12-24(17)34-26)16-21(20)29(33)31(28)23-11-5-10-22-19(23)9-6-14-30-22/h1-16H. The van der Waals surface area contributed by atoms with Crippen molar-refractivity contribution in [2.24, 2.45) is 0 Å². The zero-order valence-electron chi connectivity index (χ0n) is 18.3. The first kappa shape index (κ1) is 19.5. The predicted molar refractivity (Wildman–Crippen MR) is 134 cm³/mol. The van der Waals surface area contributed by atoms with Crippen molar-refractivity contribution in [2.75, 3.05) is 4.90 Å². The molecule has 0 aliphatic carbocycles. The molecule has 2 amide bonds. The zero-order valence-corrected chi connectivity index (χ0v) is 18.3. The number of carbonyl (C=O) groups is 2. The van der Waals surface area contributed by atoms with E-state index in [0.29, 0.717) is 33.5 Å². The van der Waals surface area contributed by atoms with Gasteiger partial charge in [-0.3, -0.25) is 14.6 Å². The molecule has 166 valence electrons. The maximum atomic E-state index is 13.5. The van der Waals surface area contributed by atoms with Crippen LogP contribution in [0.4, 0.5) is 5.69 Å². The smallest absolute Gasteiger partial charge is 0.266 e. The molecule has 0 unspecified atom stereocenters. The molecular formula is C29H16N2O4. The molecular weight excluding hydrogens is 440 g/mol. The highest BCUT2D eigenvalue weighted by Crippen LogP contribution is 2.36. The van der Waals surface area contributed by atoms with Crippen molar-refractivity contribution < 1.29 is 18.4 Å². The molecule has 0 atom stereocenters. The topological polar surface area (TPSA) is 76.6 Å². The second-order valence-corrected chi connectivity index (χ2v) is 8.33. The average Bonchev–Trinajstić information content (AvgIpc) is 3.12. The third-order valence-corrected chi connectivity index (χ3v) is 6.32. The fourth-order valence-electron chi connectivity index (χ4n) is 4.70. The molecule has 6 nitrogen and oxygen atoms in total. The van der Waals surface area contributed by atoms with Crippen molar-refractivity contribution >= 4 is 61.5 Å². The third-order valence-electron chi connectivity index (χ3n) is 6.32. The number of amides is 2. The number of pyridine rings is 1. The first-order valence-electron chi connectivity index (χ1n) is 11.1. The number of fused-ring (bicyclic) bond motifs is 6.